The van der Waals surface area contributed by atoms with Crippen molar-refractivity contribution in [3.63, 3.8) is 0 Å². The summed E-state index contributed by atoms with van der Waals surface area (Å²) in [5, 5.41) is 4.77. The highest BCUT2D eigenvalue weighted by atomic mass is 35.5. The lowest BCUT2D eigenvalue weighted by molar-refractivity contribution is 0.864. The van der Waals surface area contributed by atoms with E-state index in [-0.39, 0.29) is 6.04 Å². The van der Waals surface area contributed by atoms with Gasteiger partial charge in [0.1, 0.15) is 9.98 Å². The van der Waals surface area contributed by atoms with Crippen molar-refractivity contribution in [1.29, 1.82) is 0 Å². The van der Waals surface area contributed by atoms with Crippen molar-refractivity contribution in [3.8, 4) is 0 Å². The summed E-state index contributed by atoms with van der Waals surface area (Å²) in [6, 6.07) is 12.4. The molecule has 0 radical (unpaired) electrons. The van der Waals surface area contributed by atoms with Gasteiger partial charge in [0.2, 0.25) is 5.95 Å². The predicted molar refractivity (Wildman–Crippen MR) is 90.3 cm³/mol. The van der Waals surface area contributed by atoms with Crippen LogP contribution < -0.4 is 5.32 Å². The molecule has 1 atom stereocenters. The van der Waals surface area contributed by atoms with E-state index in [9.17, 15) is 0 Å². The summed E-state index contributed by atoms with van der Waals surface area (Å²) in [5.41, 5.74) is 1.19. The maximum Gasteiger partial charge on any atom is 0.225 e. The van der Waals surface area contributed by atoms with Crippen molar-refractivity contribution in [2.24, 2.45) is 0 Å². The zero-order valence-corrected chi connectivity index (χ0v) is 13.5. The standard InChI is InChI=1S/C16H16ClN3S/c1-3-12-9-13-14(17)19-16(20-15(13)21-12)18-10(2)11-7-5-4-6-8-11/h4-10H,3H2,1-2H3,(H,18,19,20). The minimum atomic E-state index is 0.130. The van der Waals surface area contributed by atoms with Gasteiger partial charge in [-0.2, -0.15) is 0 Å². The number of aryl methyl sites for hydroxylation is 1. The molecule has 0 spiro atoms. The Morgan fingerprint density at radius 2 is 2.00 bits per heavy atom. The van der Waals surface area contributed by atoms with Gasteiger partial charge in [0.05, 0.1) is 6.04 Å². The van der Waals surface area contributed by atoms with Crippen LogP contribution in [-0.2, 0) is 6.42 Å². The first-order valence-corrected chi connectivity index (χ1v) is 8.14. The molecule has 0 saturated heterocycles. The van der Waals surface area contributed by atoms with Crippen molar-refractivity contribution in [2.45, 2.75) is 26.3 Å². The quantitative estimate of drug-likeness (QED) is 0.682. The summed E-state index contributed by atoms with van der Waals surface area (Å²) < 4.78 is 0. The molecule has 0 bridgehead atoms. The molecule has 2 aromatic heterocycles. The number of anilines is 1. The highest BCUT2D eigenvalue weighted by Crippen LogP contribution is 2.30. The van der Waals surface area contributed by atoms with Gasteiger partial charge >= 0.3 is 0 Å². The number of fused-ring (bicyclic) bond motifs is 1. The van der Waals surface area contributed by atoms with Gasteiger partial charge in [-0.05, 0) is 25.0 Å². The predicted octanol–water partition coefficient (Wildman–Crippen LogP) is 5.08. The summed E-state index contributed by atoms with van der Waals surface area (Å²) in [5.74, 6) is 0.577. The number of rotatable bonds is 4. The van der Waals surface area contributed by atoms with Gasteiger partial charge < -0.3 is 5.32 Å². The Labute approximate surface area is 133 Å². The maximum absolute atomic E-state index is 6.28. The first-order chi connectivity index (χ1) is 10.2. The molecule has 0 aliphatic heterocycles. The van der Waals surface area contributed by atoms with E-state index in [1.165, 1.54) is 10.4 Å². The van der Waals surface area contributed by atoms with E-state index in [4.69, 9.17) is 11.6 Å². The van der Waals surface area contributed by atoms with Crippen LogP contribution in [0.4, 0.5) is 5.95 Å². The number of thiophene rings is 1. The summed E-state index contributed by atoms with van der Waals surface area (Å²) in [6.07, 6.45) is 0.987. The number of nitrogens with zero attached hydrogens (tertiary/aromatic N) is 2. The number of nitrogens with one attached hydrogen (secondary N) is 1. The summed E-state index contributed by atoms with van der Waals surface area (Å²) in [4.78, 5) is 11.2. The van der Waals surface area contributed by atoms with Gasteiger partial charge in [0, 0.05) is 10.3 Å². The molecule has 3 nitrogen and oxygen atoms in total. The molecule has 3 rings (SSSR count). The molecule has 3 aromatic rings. The van der Waals surface area contributed by atoms with E-state index in [2.05, 4.69) is 47.3 Å². The molecule has 0 saturated carbocycles. The molecule has 5 heteroatoms. The fourth-order valence-corrected chi connectivity index (χ4v) is 3.44. The monoisotopic (exact) mass is 317 g/mol. The van der Waals surface area contributed by atoms with Crippen LogP contribution in [0, 0.1) is 0 Å². The molecule has 1 N–H and O–H groups in total. The second kappa shape index (κ2) is 6.00. The first kappa shape index (κ1) is 14.3. The average molecular weight is 318 g/mol. The van der Waals surface area contributed by atoms with E-state index >= 15 is 0 Å². The van der Waals surface area contributed by atoms with E-state index in [0.717, 1.165) is 16.6 Å². The van der Waals surface area contributed by atoms with Gasteiger partial charge in [-0.15, -0.1) is 11.3 Å². The summed E-state index contributed by atoms with van der Waals surface area (Å²) in [7, 11) is 0. The van der Waals surface area contributed by atoms with Crippen molar-refractivity contribution in [3.05, 3.63) is 52.0 Å². The fraction of sp³-hybridized carbons (Fsp3) is 0.250. The van der Waals surface area contributed by atoms with Gasteiger partial charge in [-0.1, -0.05) is 48.9 Å². The van der Waals surface area contributed by atoms with Gasteiger partial charge in [0.25, 0.3) is 0 Å². The topological polar surface area (TPSA) is 37.8 Å². The van der Waals surface area contributed by atoms with Gasteiger partial charge in [-0.25, -0.2) is 9.97 Å². The Balaban J connectivity index is 1.90. The smallest absolute Gasteiger partial charge is 0.225 e. The Bertz CT molecular complexity index is 755. The Morgan fingerprint density at radius 1 is 1.24 bits per heavy atom. The number of benzene rings is 1. The second-order valence-electron chi connectivity index (χ2n) is 4.90. The maximum atomic E-state index is 6.28. The van der Waals surface area contributed by atoms with Crippen LogP contribution in [0.2, 0.25) is 5.15 Å². The minimum Gasteiger partial charge on any atom is -0.348 e. The van der Waals surface area contributed by atoms with Crippen LogP contribution in [0.3, 0.4) is 0 Å². The third-order valence-electron chi connectivity index (χ3n) is 3.39. The molecular weight excluding hydrogens is 302 g/mol. The highest BCUT2D eigenvalue weighted by Gasteiger charge is 2.12. The molecule has 0 fully saturated rings. The van der Waals surface area contributed by atoms with Crippen molar-refractivity contribution < 1.29 is 0 Å². The van der Waals surface area contributed by atoms with E-state index < -0.39 is 0 Å². The molecule has 1 aromatic carbocycles. The Hall–Kier alpha value is -1.65. The van der Waals surface area contributed by atoms with Crippen LogP contribution in [0.5, 0.6) is 0 Å². The number of hydrogen-bond donors (Lipinski definition) is 1. The van der Waals surface area contributed by atoms with Gasteiger partial charge in [-0.3, -0.25) is 0 Å². The molecule has 1 unspecified atom stereocenters. The SMILES string of the molecule is CCc1cc2c(Cl)nc(NC(C)c3ccccc3)nc2s1. The number of aromatic nitrogens is 2. The van der Waals surface area contributed by atoms with Crippen molar-refractivity contribution >= 4 is 39.1 Å². The lowest BCUT2D eigenvalue weighted by Gasteiger charge is -2.14. The van der Waals surface area contributed by atoms with Crippen LogP contribution in [0.1, 0.15) is 30.3 Å². The zero-order chi connectivity index (χ0) is 14.8. The second-order valence-corrected chi connectivity index (χ2v) is 6.37. The Morgan fingerprint density at radius 3 is 2.71 bits per heavy atom. The molecule has 0 aliphatic carbocycles. The molecule has 108 valence electrons. The van der Waals surface area contributed by atoms with Crippen molar-refractivity contribution in [2.75, 3.05) is 5.32 Å². The van der Waals surface area contributed by atoms with Crippen LogP contribution in [0.25, 0.3) is 10.2 Å². The van der Waals surface area contributed by atoms with Crippen molar-refractivity contribution in [1.82, 2.24) is 9.97 Å². The highest BCUT2D eigenvalue weighted by molar-refractivity contribution is 7.18. The number of halogens is 1. The third-order valence-corrected chi connectivity index (χ3v) is 4.85. The third kappa shape index (κ3) is 3.01. The molecule has 0 amide bonds. The van der Waals surface area contributed by atoms with E-state index in [1.807, 2.05) is 18.2 Å². The van der Waals surface area contributed by atoms with E-state index in [0.29, 0.717) is 11.1 Å². The fourth-order valence-electron chi connectivity index (χ4n) is 2.19. The number of hydrogen-bond acceptors (Lipinski definition) is 4. The molecule has 0 aliphatic rings. The zero-order valence-electron chi connectivity index (χ0n) is 11.9. The lowest BCUT2D eigenvalue weighted by atomic mass is 10.1. The minimum absolute atomic E-state index is 0.130. The normalized spacial score (nSPS) is 12.5. The average Bonchev–Trinajstić information content (AvgIpc) is 2.92. The Kier molecular flexibility index (Phi) is 4.08. The summed E-state index contributed by atoms with van der Waals surface area (Å²) >= 11 is 7.95. The molecular formula is C16H16ClN3S. The molecule has 2 heterocycles. The summed E-state index contributed by atoms with van der Waals surface area (Å²) in [6.45, 7) is 4.21. The van der Waals surface area contributed by atoms with Crippen LogP contribution >= 0.6 is 22.9 Å². The van der Waals surface area contributed by atoms with Crippen LogP contribution in [0.15, 0.2) is 36.4 Å². The molecule has 21 heavy (non-hydrogen) atoms. The largest absolute Gasteiger partial charge is 0.348 e. The van der Waals surface area contributed by atoms with E-state index in [1.54, 1.807) is 11.3 Å². The lowest BCUT2D eigenvalue weighted by Crippen LogP contribution is -2.09. The van der Waals surface area contributed by atoms with Crippen LogP contribution in [-0.4, -0.2) is 9.97 Å². The van der Waals surface area contributed by atoms with Gasteiger partial charge in [0.15, 0.2) is 0 Å². The first-order valence-electron chi connectivity index (χ1n) is 6.95.